The lowest BCUT2D eigenvalue weighted by Crippen LogP contribution is -2.72. The highest BCUT2D eigenvalue weighted by molar-refractivity contribution is 6.10. The zero-order valence-electron chi connectivity index (χ0n) is 13.8. The molecule has 0 aliphatic heterocycles. The van der Waals surface area contributed by atoms with Crippen LogP contribution in [0.5, 0.6) is 0 Å². The molecule has 0 amide bonds. The third-order valence-corrected chi connectivity index (χ3v) is 4.05. The van der Waals surface area contributed by atoms with Crippen molar-refractivity contribution in [2.45, 2.75) is 30.3 Å². The summed E-state index contributed by atoms with van der Waals surface area (Å²) in [6, 6.07) is 5.62. The molecule has 140 valence electrons. The highest BCUT2D eigenvalue weighted by Gasteiger charge is 2.58. The van der Waals surface area contributed by atoms with Crippen molar-refractivity contribution in [3.63, 3.8) is 0 Å². The lowest BCUT2D eigenvalue weighted by Gasteiger charge is -2.41. The van der Waals surface area contributed by atoms with E-state index in [-0.39, 0.29) is 12.0 Å². The first-order valence-corrected chi connectivity index (χ1v) is 7.47. The number of rotatable bonds is 10. The van der Waals surface area contributed by atoms with E-state index in [1.165, 1.54) is 30.5 Å². The smallest absolute Gasteiger partial charge is 0.333 e. The number of aliphatic carboxylic acids is 2. The molecule has 2 atom stereocenters. The number of nitrogens with zero attached hydrogens (tertiary/aromatic N) is 1. The lowest BCUT2D eigenvalue weighted by molar-refractivity contribution is -0.154. The van der Waals surface area contributed by atoms with Crippen molar-refractivity contribution < 1.29 is 29.4 Å². The Hall–Kier alpha value is -3.11. The van der Waals surface area contributed by atoms with E-state index >= 15 is 0 Å². The van der Waals surface area contributed by atoms with E-state index in [0.29, 0.717) is 11.8 Å². The first kappa shape index (κ1) is 20.9. The van der Waals surface area contributed by atoms with E-state index in [2.05, 4.69) is 5.10 Å². The second kappa shape index (κ2) is 8.32. The lowest BCUT2D eigenvalue weighted by atomic mass is 9.68. The van der Waals surface area contributed by atoms with Crippen LogP contribution in [0.25, 0.3) is 0 Å². The van der Waals surface area contributed by atoms with Gasteiger partial charge in [0, 0.05) is 12.8 Å². The van der Waals surface area contributed by atoms with Crippen LogP contribution in [0.2, 0.25) is 0 Å². The summed E-state index contributed by atoms with van der Waals surface area (Å²) < 4.78 is 0. The van der Waals surface area contributed by atoms with Crippen LogP contribution in [-0.2, 0) is 24.7 Å². The van der Waals surface area contributed by atoms with Crippen LogP contribution in [0.4, 0.5) is 0 Å². The summed E-state index contributed by atoms with van der Waals surface area (Å²) in [6.45, 7) is 0. The highest BCUT2D eigenvalue weighted by atomic mass is 16.4. The molecule has 1 aromatic rings. The molecular weight excluding hydrogens is 344 g/mol. The largest absolute Gasteiger partial charge is 0.481 e. The average Bonchev–Trinajstić information content (AvgIpc) is 2.58. The second-order valence-electron chi connectivity index (χ2n) is 5.68. The zero-order chi connectivity index (χ0) is 20.0. The minimum absolute atomic E-state index is 0.0263. The number of hydrazone groups is 1. The monoisotopic (exact) mass is 364 g/mol. The molecule has 0 radical (unpaired) electrons. The molecule has 8 N–H and O–H groups in total. The normalized spacial score (nSPS) is 15.8. The van der Waals surface area contributed by atoms with Crippen molar-refractivity contribution in [3.8, 4) is 0 Å². The Morgan fingerprint density at radius 1 is 1.12 bits per heavy atom. The Morgan fingerprint density at radius 3 is 2.12 bits per heavy atom. The number of ketones is 1. The van der Waals surface area contributed by atoms with Gasteiger partial charge in [0.25, 0.3) is 0 Å². The molecule has 0 spiro atoms. The van der Waals surface area contributed by atoms with E-state index in [1.54, 1.807) is 0 Å². The topological polar surface area (TPSA) is 199 Å². The van der Waals surface area contributed by atoms with Gasteiger partial charge in [-0.05, 0) is 11.1 Å². The molecule has 0 heterocycles. The maximum absolute atomic E-state index is 12.5. The van der Waals surface area contributed by atoms with Gasteiger partial charge in [-0.2, -0.15) is 5.10 Å². The maximum Gasteiger partial charge on any atom is 0.333 e. The van der Waals surface area contributed by atoms with Crippen LogP contribution in [0.1, 0.15) is 30.4 Å². The first-order chi connectivity index (χ1) is 12.1. The van der Waals surface area contributed by atoms with E-state index in [9.17, 15) is 29.4 Å². The third-order valence-electron chi connectivity index (χ3n) is 4.05. The number of aldehydes is 1. The highest BCUT2D eigenvalue weighted by Crippen LogP contribution is 2.35. The van der Waals surface area contributed by atoms with Crippen molar-refractivity contribution in [1.82, 2.24) is 0 Å². The van der Waals surface area contributed by atoms with Crippen molar-refractivity contribution in [2.75, 3.05) is 0 Å². The molecule has 10 nitrogen and oxygen atoms in total. The Balaban J connectivity index is 3.56. The number of hydrogen-bond acceptors (Lipinski definition) is 8. The molecular formula is C16H20N4O6. The molecule has 0 aliphatic carbocycles. The number of Topliss-reactive ketones (excluding diaryl/α,β-unsaturated/α-hetero) is 1. The maximum atomic E-state index is 12.5. The molecule has 0 saturated heterocycles. The number of nitrogens with two attached hydrogens (primary N) is 3. The summed E-state index contributed by atoms with van der Waals surface area (Å²) in [5, 5.41) is 22.2. The Morgan fingerprint density at radius 2 is 1.69 bits per heavy atom. The molecule has 0 fully saturated rings. The van der Waals surface area contributed by atoms with Crippen LogP contribution < -0.4 is 17.3 Å². The van der Waals surface area contributed by atoms with Gasteiger partial charge in [0.2, 0.25) is 0 Å². The summed E-state index contributed by atoms with van der Waals surface area (Å²) in [5.74, 6) is 0.762. The molecule has 0 saturated carbocycles. The van der Waals surface area contributed by atoms with E-state index in [4.69, 9.17) is 17.3 Å². The number of carbonyl (C=O) groups excluding carboxylic acids is 2. The van der Waals surface area contributed by atoms with Gasteiger partial charge >= 0.3 is 11.9 Å². The quantitative estimate of drug-likeness (QED) is 0.113. The van der Waals surface area contributed by atoms with Gasteiger partial charge in [0.1, 0.15) is 6.29 Å². The van der Waals surface area contributed by atoms with E-state index < -0.39 is 41.6 Å². The van der Waals surface area contributed by atoms with Crippen molar-refractivity contribution in [2.24, 2.45) is 22.4 Å². The molecule has 26 heavy (non-hydrogen) atoms. The Kier molecular flexibility index (Phi) is 6.70. The molecule has 0 aromatic heterocycles. The van der Waals surface area contributed by atoms with Gasteiger partial charge in [0.05, 0.1) is 18.2 Å². The fraction of sp³-hybridized carbons (Fsp3) is 0.312. The van der Waals surface area contributed by atoms with Crippen molar-refractivity contribution in [1.29, 1.82) is 0 Å². The van der Waals surface area contributed by atoms with Gasteiger partial charge in [-0.3, -0.25) is 9.59 Å². The van der Waals surface area contributed by atoms with Crippen LogP contribution in [0.3, 0.4) is 0 Å². The van der Waals surface area contributed by atoms with E-state index in [1.807, 2.05) is 0 Å². The number of hydrogen-bond donors (Lipinski definition) is 5. The molecule has 10 heteroatoms. The standard InChI is InChI=1S/C16H20N4O6/c17-15(8-13(23)24,11-5-3-10(4-6-11)9-20-19)16(18,14(25)26)12(22)2-1-7-21/h3-7,9H,1-2,8,17-19H2,(H,23,24)(H,25,26). The molecule has 1 rings (SSSR count). The summed E-state index contributed by atoms with van der Waals surface area (Å²) in [5.41, 5.74) is 7.58. The fourth-order valence-corrected chi connectivity index (χ4v) is 2.61. The van der Waals surface area contributed by atoms with Crippen LogP contribution in [0.15, 0.2) is 29.4 Å². The molecule has 0 aliphatic rings. The second-order valence-corrected chi connectivity index (χ2v) is 5.68. The number of benzene rings is 1. The van der Waals surface area contributed by atoms with Crippen LogP contribution in [-0.4, -0.2) is 46.0 Å². The predicted molar refractivity (Wildman–Crippen MR) is 91.2 cm³/mol. The summed E-state index contributed by atoms with van der Waals surface area (Å²) in [4.78, 5) is 46.2. The zero-order valence-corrected chi connectivity index (χ0v) is 13.8. The SMILES string of the molecule is NN=Cc1ccc(C(N)(CC(=O)O)C(N)(C(=O)O)C(=O)CCC=O)cc1. The third kappa shape index (κ3) is 3.92. The average molecular weight is 364 g/mol. The molecule has 2 unspecified atom stereocenters. The number of carboxylic acid groups (broad SMARTS) is 2. The van der Waals surface area contributed by atoms with Gasteiger partial charge < -0.3 is 32.3 Å². The first-order valence-electron chi connectivity index (χ1n) is 7.47. The Labute approximate surface area is 148 Å². The van der Waals surface area contributed by atoms with Crippen LogP contribution >= 0.6 is 0 Å². The van der Waals surface area contributed by atoms with Gasteiger partial charge in [0.15, 0.2) is 11.3 Å². The Bertz CT molecular complexity index is 733. The van der Waals surface area contributed by atoms with E-state index in [0.717, 1.165) is 0 Å². The minimum atomic E-state index is -2.75. The molecule has 0 bridgehead atoms. The predicted octanol–water partition coefficient (Wildman–Crippen LogP) is -1.06. The molecule has 1 aromatic carbocycles. The summed E-state index contributed by atoms with van der Waals surface area (Å²) >= 11 is 0. The van der Waals surface area contributed by atoms with Crippen molar-refractivity contribution in [3.05, 3.63) is 35.4 Å². The summed E-state index contributed by atoms with van der Waals surface area (Å²) in [6.07, 6.45) is 0.0632. The van der Waals surface area contributed by atoms with Gasteiger partial charge in [-0.25, -0.2) is 4.79 Å². The van der Waals surface area contributed by atoms with Crippen LogP contribution in [0, 0.1) is 0 Å². The van der Waals surface area contributed by atoms with Gasteiger partial charge in [-0.15, -0.1) is 0 Å². The number of carboxylic acids is 2. The minimum Gasteiger partial charge on any atom is -0.481 e. The number of carbonyl (C=O) groups is 4. The van der Waals surface area contributed by atoms with Gasteiger partial charge in [-0.1, -0.05) is 24.3 Å². The fourth-order valence-electron chi connectivity index (χ4n) is 2.61. The van der Waals surface area contributed by atoms with Crippen molar-refractivity contribution >= 4 is 30.2 Å². The summed E-state index contributed by atoms with van der Waals surface area (Å²) in [7, 11) is 0.